The molecule has 3 rings (SSSR count). The molecule has 0 unspecified atom stereocenters. The Morgan fingerprint density at radius 3 is 2.63 bits per heavy atom. The molecule has 4 heteroatoms. The predicted octanol–water partition coefficient (Wildman–Crippen LogP) is 2.69. The Morgan fingerprint density at radius 2 is 1.95 bits per heavy atom. The number of ketones is 1. The molecule has 1 aliphatic heterocycles. The molecular weight excluding hydrogens is 242 g/mol. The van der Waals surface area contributed by atoms with Crippen LogP contribution in [-0.4, -0.2) is 23.5 Å². The van der Waals surface area contributed by atoms with E-state index >= 15 is 0 Å². The van der Waals surface area contributed by atoms with E-state index < -0.39 is 5.60 Å². The van der Waals surface area contributed by atoms with Crippen LogP contribution in [0, 0.1) is 0 Å². The Balaban J connectivity index is 2.07. The van der Waals surface area contributed by atoms with Gasteiger partial charge in [-0.2, -0.15) is 0 Å². The number of fused-ring (bicyclic) bond motifs is 1. The first kappa shape index (κ1) is 12.0. The number of carbonyl (C=O) groups excluding carboxylic acids is 2. The van der Waals surface area contributed by atoms with Crippen molar-refractivity contribution in [1.82, 2.24) is 0 Å². The first-order valence-electron chi connectivity index (χ1n) is 6.31. The summed E-state index contributed by atoms with van der Waals surface area (Å²) in [5.74, 6) is 0.0409. The summed E-state index contributed by atoms with van der Waals surface area (Å²) >= 11 is 0. The summed E-state index contributed by atoms with van der Waals surface area (Å²) in [6.45, 7) is 3.71. The van der Waals surface area contributed by atoms with Crippen LogP contribution in [0.1, 0.15) is 20.3 Å². The van der Waals surface area contributed by atoms with Crippen molar-refractivity contribution in [2.45, 2.75) is 31.9 Å². The maximum atomic E-state index is 12.2. The van der Waals surface area contributed by atoms with E-state index in [9.17, 15) is 9.59 Å². The zero-order chi connectivity index (χ0) is 13.6. The summed E-state index contributed by atoms with van der Waals surface area (Å²) < 4.78 is 5.55. The maximum absolute atomic E-state index is 12.2. The SMILES string of the molecule is CC1=CC(=O)C[C@@H]2N(c3ccccc3)C(=O)O[C@]12C. The van der Waals surface area contributed by atoms with E-state index in [1.165, 1.54) is 0 Å². The third-order valence-electron chi connectivity index (χ3n) is 4.03. The lowest BCUT2D eigenvalue weighted by molar-refractivity contribution is -0.116. The molecule has 98 valence electrons. The van der Waals surface area contributed by atoms with Crippen LogP contribution in [0.25, 0.3) is 0 Å². The molecule has 2 atom stereocenters. The Hall–Kier alpha value is -2.10. The number of nitrogens with zero attached hydrogens (tertiary/aromatic N) is 1. The van der Waals surface area contributed by atoms with Crippen LogP contribution >= 0.6 is 0 Å². The summed E-state index contributed by atoms with van der Waals surface area (Å²) in [7, 11) is 0. The van der Waals surface area contributed by atoms with Crippen LogP contribution in [-0.2, 0) is 9.53 Å². The van der Waals surface area contributed by atoms with E-state index in [1.54, 1.807) is 11.0 Å². The molecule has 19 heavy (non-hydrogen) atoms. The Kier molecular flexibility index (Phi) is 2.49. The highest BCUT2D eigenvalue weighted by Crippen LogP contribution is 2.42. The summed E-state index contributed by atoms with van der Waals surface area (Å²) in [4.78, 5) is 25.5. The fraction of sp³-hybridized carbons (Fsp3) is 0.333. The third kappa shape index (κ3) is 1.67. The van der Waals surface area contributed by atoms with Gasteiger partial charge in [0.1, 0.15) is 0 Å². The molecule has 0 radical (unpaired) electrons. The van der Waals surface area contributed by atoms with Crippen LogP contribution in [0.5, 0.6) is 0 Å². The largest absolute Gasteiger partial charge is 0.436 e. The molecule has 0 saturated carbocycles. The fourth-order valence-corrected chi connectivity index (χ4v) is 2.81. The number of anilines is 1. The first-order valence-corrected chi connectivity index (χ1v) is 6.31. The predicted molar refractivity (Wildman–Crippen MR) is 71.0 cm³/mol. The van der Waals surface area contributed by atoms with Crippen molar-refractivity contribution in [3.8, 4) is 0 Å². The van der Waals surface area contributed by atoms with Gasteiger partial charge in [-0.15, -0.1) is 0 Å². The Morgan fingerprint density at radius 1 is 1.26 bits per heavy atom. The lowest BCUT2D eigenvalue weighted by atomic mass is 9.80. The van der Waals surface area contributed by atoms with Crippen molar-refractivity contribution >= 4 is 17.6 Å². The van der Waals surface area contributed by atoms with Crippen molar-refractivity contribution in [1.29, 1.82) is 0 Å². The van der Waals surface area contributed by atoms with Crippen molar-refractivity contribution < 1.29 is 14.3 Å². The zero-order valence-electron chi connectivity index (χ0n) is 10.9. The van der Waals surface area contributed by atoms with Gasteiger partial charge in [0.25, 0.3) is 0 Å². The van der Waals surface area contributed by atoms with Gasteiger partial charge in [-0.1, -0.05) is 18.2 Å². The number of benzene rings is 1. The Bertz CT molecular complexity index is 578. The molecule has 1 aromatic rings. The minimum absolute atomic E-state index is 0.0409. The van der Waals surface area contributed by atoms with Crippen LogP contribution in [0.4, 0.5) is 10.5 Å². The van der Waals surface area contributed by atoms with Crippen molar-refractivity contribution in [3.63, 3.8) is 0 Å². The van der Waals surface area contributed by atoms with Crippen molar-refractivity contribution in [2.75, 3.05) is 4.90 Å². The third-order valence-corrected chi connectivity index (χ3v) is 4.03. The molecular formula is C15H15NO3. The van der Waals surface area contributed by atoms with E-state index in [4.69, 9.17) is 4.74 Å². The molecule has 1 heterocycles. The highest BCUT2D eigenvalue weighted by molar-refractivity contribution is 5.98. The highest BCUT2D eigenvalue weighted by atomic mass is 16.6. The molecule has 1 aliphatic carbocycles. The smallest absolute Gasteiger partial charge is 0.415 e. The number of rotatable bonds is 1. The Labute approximate surface area is 111 Å². The molecule has 1 amide bonds. The van der Waals surface area contributed by atoms with Crippen LogP contribution in [0.3, 0.4) is 0 Å². The topological polar surface area (TPSA) is 46.6 Å². The van der Waals surface area contributed by atoms with Crippen LogP contribution in [0.2, 0.25) is 0 Å². The summed E-state index contributed by atoms with van der Waals surface area (Å²) in [5.41, 5.74) is 0.866. The standard InChI is InChI=1S/C15H15NO3/c1-10-8-12(17)9-13-15(10,2)19-14(18)16(13)11-6-4-3-5-7-11/h3-8,13H,9H2,1-2H3/t13-,15+/m0/s1. The zero-order valence-corrected chi connectivity index (χ0v) is 10.9. The molecule has 1 saturated heterocycles. The molecule has 0 spiro atoms. The van der Waals surface area contributed by atoms with Crippen molar-refractivity contribution in [3.05, 3.63) is 42.0 Å². The van der Waals surface area contributed by atoms with E-state index in [1.807, 2.05) is 44.2 Å². The van der Waals surface area contributed by atoms with Crippen LogP contribution in [0.15, 0.2) is 42.0 Å². The first-order chi connectivity index (χ1) is 9.02. The minimum atomic E-state index is -0.708. The van der Waals surface area contributed by atoms with Gasteiger partial charge < -0.3 is 4.74 Å². The number of hydrogen-bond donors (Lipinski definition) is 0. The summed E-state index contributed by atoms with van der Waals surface area (Å²) in [6.07, 6.45) is 1.49. The van der Waals surface area contributed by atoms with Gasteiger partial charge in [0.15, 0.2) is 11.4 Å². The number of carbonyl (C=O) groups is 2. The van der Waals surface area contributed by atoms with Gasteiger partial charge in [0.05, 0.1) is 6.04 Å². The maximum Gasteiger partial charge on any atom is 0.415 e. The number of para-hydroxylation sites is 1. The van der Waals surface area contributed by atoms with Gasteiger partial charge in [-0.25, -0.2) is 4.79 Å². The average molecular weight is 257 g/mol. The lowest BCUT2D eigenvalue weighted by Gasteiger charge is -2.34. The van der Waals surface area contributed by atoms with E-state index in [-0.39, 0.29) is 17.9 Å². The molecule has 0 aromatic heterocycles. The second-order valence-electron chi connectivity index (χ2n) is 5.19. The molecule has 0 N–H and O–H groups in total. The van der Waals surface area contributed by atoms with E-state index in [2.05, 4.69) is 0 Å². The molecule has 2 aliphatic rings. The van der Waals surface area contributed by atoms with E-state index in [0.29, 0.717) is 6.42 Å². The normalized spacial score (nSPS) is 29.9. The molecule has 1 fully saturated rings. The lowest BCUT2D eigenvalue weighted by Crippen LogP contribution is -2.48. The van der Waals surface area contributed by atoms with E-state index in [0.717, 1.165) is 11.3 Å². The molecule has 1 aromatic carbocycles. The van der Waals surface area contributed by atoms with Gasteiger partial charge in [-0.3, -0.25) is 9.69 Å². The van der Waals surface area contributed by atoms with Crippen LogP contribution < -0.4 is 4.90 Å². The molecule has 0 bridgehead atoms. The minimum Gasteiger partial charge on any atom is -0.436 e. The van der Waals surface area contributed by atoms with Crippen molar-refractivity contribution in [2.24, 2.45) is 0 Å². The second-order valence-corrected chi connectivity index (χ2v) is 5.19. The molecule has 4 nitrogen and oxygen atoms in total. The average Bonchev–Trinajstić information content (AvgIpc) is 2.63. The monoisotopic (exact) mass is 257 g/mol. The van der Waals surface area contributed by atoms with Gasteiger partial charge >= 0.3 is 6.09 Å². The summed E-state index contributed by atoms with van der Waals surface area (Å²) in [6, 6.07) is 9.06. The van der Waals surface area contributed by atoms with Gasteiger partial charge in [0.2, 0.25) is 0 Å². The second kappa shape index (κ2) is 3.95. The van der Waals surface area contributed by atoms with Gasteiger partial charge in [0, 0.05) is 12.1 Å². The summed E-state index contributed by atoms with van der Waals surface area (Å²) in [5, 5.41) is 0. The number of ether oxygens (including phenoxy) is 1. The highest BCUT2D eigenvalue weighted by Gasteiger charge is 2.54. The number of allylic oxidation sites excluding steroid dienone is 1. The fourth-order valence-electron chi connectivity index (χ4n) is 2.81. The van der Waals surface area contributed by atoms with Gasteiger partial charge in [-0.05, 0) is 37.6 Å². The number of hydrogen-bond acceptors (Lipinski definition) is 3. The number of amides is 1. The quantitative estimate of drug-likeness (QED) is 0.777.